The lowest BCUT2D eigenvalue weighted by molar-refractivity contribution is -0.120. The maximum Gasteiger partial charge on any atom is 0.255 e. The van der Waals surface area contributed by atoms with Crippen molar-refractivity contribution in [1.29, 1.82) is 0 Å². The van der Waals surface area contributed by atoms with Crippen molar-refractivity contribution in [1.82, 2.24) is 10.6 Å². The molecule has 2 fully saturated rings. The van der Waals surface area contributed by atoms with Crippen molar-refractivity contribution in [2.24, 2.45) is 0 Å². The highest BCUT2D eigenvalue weighted by atomic mass is 32.3. The summed E-state index contributed by atoms with van der Waals surface area (Å²) in [5, 5.41) is 9.37. The van der Waals surface area contributed by atoms with Gasteiger partial charge in [0.15, 0.2) is 11.6 Å². The zero-order chi connectivity index (χ0) is 28.7. The van der Waals surface area contributed by atoms with Gasteiger partial charge in [-0.2, -0.15) is 0 Å². The van der Waals surface area contributed by atoms with Crippen LogP contribution in [0.1, 0.15) is 74.7 Å². The van der Waals surface area contributed by atoms with Crippen molar-refractivity contribution < 1.29 is 23.1 Å². The molecule has 2 aromatic rings. The number of Topliss-reactive ketones (excluding diaryl/α,β-unsaturated/α-hetero) is 1. The van der Waals surface area contributed by atoms with Crippen LogP contribution in [-0.2, 0) is 11.2 Å². The first-order valence-electron chi connectivity index (χ1n) is 14.4. The molecule has 40 heavy (non-hydrogen) atoms. The van der Waals surface area contributed by atoms with Gasteiger partial charge in [0.1, 0.15) is 0 Å². The number of carbonyl (C=O) groups is 2. The average Bonchev–Trinajstić information content (AvgIpc) is 2.93. The molecular weight excluding hydrogens is 531 g/mol. The van der Waals surface area contributed by atoms with E-state index in [0.29, 0.717) is 18.5 Å². The monoisotopic (exact) mass is 574 g/mol. The summed E-state index contributed by atoms with van der Waals surface area (Å²) in [6.45, 7) is 4.24. The molecule has 2 aliphatic rings. The number of ketones is 1. The van der Waals surface area contributed by atoms with Crippen molar-refractivity contribution >= 4 is 33.8 Å². The summed E-state index contributed by atoms with van der Waals surface area (Å²) in [7, 11) is -3.21. The van der Waals surface area contributed by atoms with Gasteiger partial charge in [-0.25, -0.2) is 4.39 Å². The zero-order valence-corrected chi connectivity index (χ0v) is 24.3. The number of benzene rings is 2. The molecule has 2 aromatic carbocycles. The van der Waals surface area contributed by atoms with Crippen LogP contribution in [0.15, 0.2) is 42.5 Å². The van der Waals surface area contributed by atoms with E-state index in [0.717, 1.165) is 31.2 Å². The Morgan fingerprint density at radius 2 is 1.77 bits per heavy atom. The van der Waals surface area contributed by atoms with Gasteiger partial charge < -0.3 is 16.0 Å². The van der Waals surface area contributed by atoms with E-state index >= 15 is 4.39 Å². The first-order chi connectivity index (χ1) is 19.1. The maximum absolute atomic E-state index is 16.0. The van der Waals surface area contributed by atoms with Crippen LogP contribution < -0.4 is 20.3 Å². The van der Waals surface area contributed by atoms with E-state index in [1.54, 1.807) is 0 Å². The summed E-state index contributed by atoms with van der Waals surface area (Å²) in [6.07, 6.45) is 7.15. The third kappa shape index (κ3) is 7.96. The number of halogens is 1. The highest BCUT2D eigenvalue weighted by Crippen LogP contribution is 2.51. The van der Waals surface area contributed by atoms with Gasteiger partial charge in [-0.3, -0.25) is 23.0 Å². The summed E-state index contributed by atoms with van der Waals surface area (Å²) in [6, 6.07) is 11.8. The van der Waals surface area contributed by atoms with E-state index in [1.807, 2.05) is 44.2 Å². The van der Waals surface area contributed by atoms with E-state index in [4.69, 9.17) is 0 Å². The minimum absolute atomic E-state index is 0.00537. The Morgan fingerprint density at radius 3 is 2.45 bits per heavy atom. The van der Waals surface area contributed by atoms with Crippen LogP contribution in [0.5, 0.6) is 0 Å². The molecule has 0 radical (unpaired) electrons. The molecule has 1 amide bonds. The minimum Gasteiger partial charge on any atom is -0.383 e. The number of hydrogen-bond donors (Lipinski definition) is 5. The number of hydrogen-bond acceptors (Lipinski definition) is 7. The van der Waals surface area contributed by atoms with Gasteiger partial charge in [0.2, 0.25) is 0 Å². The van der Waals surface area contributed by atoms with Crippen molar-refractivity contribution in [2.75, 3.05) is 28.5 Å². The fourth-order valence-corrected chi connectivity index (χ4v) is 7.15. The largest absolute Gasteiger partial charge is 0.383 e. The number of amides is 1. The second-order valence-electron chi connectivity index (χ2n) is 11.2. The number of nitrogens with one attached hydrogen (secondary N) is 3. The fourth-order valence-electron chi connectivity index (χ4n) is 5.46. The van der Waals surface area contributed by atoms with Crippen LogP contribution in [0.3, 0.4) is 0 Å². The maximum atomic E-state index is 16.0. The molecule has 1 heterocycles. The standard InChI is InChI=1S/C30H43FN4O4S/c1-21(2)33-24-18-25(29(31)27(19-24)35-15-9-10-16-40(35,38)39)30(37)34-26(17-22-11-5-3-6-12-22)28(36)20-32-23-13-7-4-8-14-23/h3,5-6,11-12,18-19,21,23,26,32-33,38-39H,4,7-10,13-17,20H2,1-2H3,(H,34,37)/t26-/m0/s1. The van der Waals surface area contributed by atoms with Crippen LogP contribution >= 0.6 is 10.8 Å². The van der Waals surface area contributed by atoms with Gasteiger partial charge in [-0.1, -0.05) is 49.6 Å². The Kier molecular flexibility index (Phi) is 10.5. The summed E-state index contributed by atoms with van der Waals surface area (Å²) in [5.74, 6) is -1.56. The molecule has 1 aliphatic heterocycles. The van der Waals surface area contributed by atoms with Crippen molar-refractivity contribution in [2.45, 2.75) is 83.3 Å². The third-order valence-corrected chi connectivity index (χ3v) is 9.47. The molecule has 0 aromatic heterocycles. The first kappa shape index (κ1) is 30.3. The Labute approximate surface area is 238 Å². The molecule has 1 atom stereocenters. The van der Waals surface area contributed by atoms with Crippen molar-refractivity contribution in [3.05, 3.63) is 59.4 Å². The number of carbonyl (C=O) groups excluding carboxylic acids is 2. The van der Waals surface area contributed by atoms with Crippen molar-refractivity contribution in [3.8, 4) is 0 Å². The van der Waals surface area contributed by atoms with Gasteiger partial charge in [0.25, 0.3) is 5.91 Å². The summed E-state index contributed by atoms with van der Waals surface area (Å²) in [4.78, 5) is 27.0. The minimum atomic E-state index is -3.21. The number of nitrogens with zero attached hydrogens (tertiary/aromatic N) is 1. The lowest BCUT2D eigenvalue weighted by Gasteiger charge is -2.47. The summed E-state index contributed by atoms with van der Waals surface area (Å²) >= 11 is 0. The Hall–Kier alpha value is -2.66. The molecule has 1 aliphatic carbocycles. The van der Waals surface area contributed by atoms with Crippen molar-refractivity contribution in [3.63, 3.8) is 0 Å². The van der Waals surface area contributed by atoms with E-state index in [-0.39, 0.29) is 54.4 Å². The number of anilines is 2. The highest BCUT2D eigenvalue weighted by molar-refractivity contribution is 8.25. The second kappa shape index (κ2) is 13.8. The molecule has 5 N–H and O–H groups in total. The molecule has 8 nitrogen and oxygen atoms in total. The van der Waals surface area contributed by atoms with Crippen LogP contribution in [0.2, 0.25) is 0 Å². The molecule has 0 bridgehead atoms. The Balaban J connectivity index is 1.60. The molecule has 10 heteroatoms. The summed E-state index contributed by atoms with van der Waals surface area (Å²) < 4.78 is 38.7. The normalized spacial score (nSPS) is 19.2. The van der Waals surface area contributed by atoms with Gasteiger partial charge in [0.05, 0.1) is 29.6 Å². The smallest absolute Gasteiger partial charge is 0.255 e. The van der Waals surface area contributed by atoms with Crippen LogP contribution in [-0.4, -0.2) is 57.8 Å². The van der Waals surface area contributed by atoms with Gasteiger partial charge in [0, 0.05) is 24.3 Å². The van der Waals surface area contributed by atoms with Gasteiger partial charge in [-0.15, -0.1) is 10.8 Å². The Morgan fingerprint density at radius 1 is 1.05 bits per heavy atom. The van der Waals surface area contributed by atoms with E-state index in [2.05, 4.69) is 16.0 Å². The average molecular weight is 575 g/mol. The topological polar surface area (TPSA) is 114 Å². The fraction of sp³-hybridized carbons (Fsp3) is 0.533. The molecule has 0 spiro atoms. The number of rotatable bonds is 11. The predicted octanol–water partition coefficient (Wildman–Crippen LogP) is 5.74. The highest BCUT2D eigenvalue weighted by Gasteiger charge is 2.32. The van der Waals surface area contributed by atoms with Crippen LogP contribution in [0.4, 0.5) is 15.8 Å². The van der Waals surface area contributed by atoms with Crippen LogP contribution in [0, 0.1) is 5.82 Å². The molecule has 220 valence electrons. The van der Waals surface area contributed by atoms with Crippen LogP contribution in [0.25, 0.3) is 0 Å². The molecule has 1 saturated heterocycles. The van der Waals surface area contributed by atoms with E-state index < -0.39 is 28.5 Å². The lowest BCUT2D eigenvalue weighted by Crippen LogP contribution is -2.47. The quantitative estimate of drug-likeness (QED) is 0.232. The first-order valence-corrected chi connectivity index (χ1v) is 16.1. The zero-order valence-electron chi connectivity index (χ0n) is 23.5. The second-order valence-corrected chi connectivity index (χ2v) is 13.3. The van der Waals surface area contributed by atoms with Gasteiger partial charge in [-0.05, 0) is 63.6 Å². The molecule has 0 unspecified atom stereocenters. The molecular formula is C30H43FN4O4S. The third-order valence-electron chi connectivity index (χ3n) is 7.55. The molecule has 1 saturated carbocycles. The van der Waals surface area contributed by atoms with E-state index in [9.17, 15) is 18.7 Å². The van der Waals surface area contributed by atoms with E-state index in [1.165, 1.54) is 22.9 Å². The lowest BCUT2D eigenvalue weighted by atomic mass is 9.95. The predicted molar refractivity (Wildman–Crippen MR) is 161 cm³/mol. The Bertz CT molecular complexity index is 1160. The summed E-state index contributed by atoms with van der Waals surface area (Å²) in [5.41, 5.74) is 1.10. The molecule has 4 rings (SSSR count). The SMILES string of the molecule is CC(C)Nc1cc(C(=O)N[C@@H](Cc2ccccc2)C(=O)CNC2CCCCC2)c(F)c(N2CCCCS2(O)O)c1. The van der Waals surface area contributed by atoms with Gasteiger partial charge >= 0.3 is 0 Å².